The number of hydrogen-bond donors (Lipinski definition) is 2. The van der Waals surface area contributed by atoms with Crippen molar-refractivity contribution in [2.75, 3.05) is 10.5 Å². The molecule has 1 aromatic heterocycles. The molecule has 0 atom stereocenters. The lowest BCUT2D eigenvalue weighted by atomic mass is 10.3. The highest BCUT2D eigenvalue weighted by molar-refractivity contribution is 9.10. The van der Waals surface area contributed by atoms with Crippen molar-refractivity contribution in [1.29, 1.82) is 0 Å². The van der Waals surface area contributed by atoms with Crippen LogP contribution in [-0.2, 0) is 10.0 Å². The second kappa shape index (κ2) is 5.55. The minimum absolute atomic E-state index is 0.0230. The summed E-state index contributed by atoms with van der Waals surface area (Å²) in [6.45, 7) is 0. The molecule has 1 aromatic carbocycles. The second-order valence-corrected chi connectivity index (χ2v) is 6.72. The van der Waals surface area contributed by atoms with Crippen LogP contribution in [0.4, 0.5) is 15.9 Å². The van der Waals surface area contributed by atoms with Crippen molar-refractivity contribution in [2.45, 2.75) is 4.90 Å². The minimum atomic E-state index is -3.92. The number of anilines is 2. The normalized spacial score (nSPS) is 11.3. The Bertz CT molecular complexity index is 770. The predicted octanol–water partition coefficient (Wildman–Crippen LogP) is 3.02. The van der Waals surface area contributed by atoms with Gasteiger partial charge in [-0.25, -0.2) is 17.8 Å². The molecule has 1 heterocycles. The van der Waals surface area contributed by atoms with Gasteiger partial charge < -0.3 is 5.73 Å². The van der Waals surface area contributed by atoms with E-state index >= 15 is 0 Å². The van der Waals surface area contributed by atoms with Gasteiger partial charge in [0.1, 0.15) is 16.5 Å². The number of hydrogen-bond acceptors (Lipinski definition) is 4. The third-order valence-electron chi connectivity index (χ3n) is 2.33. The van der Waals surface area contributed by atoms with E-state index in [-0.39, 0.29) is 25.9 Å². The van der Waals surface area contributed by atoms with Crippen LogP contribution in [0.15, 0.2) is 39.8 Å². The van der Waals surface area contributed by atoms with Crippen LogP contribution in [0.2, 0.25) is 5.02 Å². The molecule has 106 valence electrons. The van der Waals surface area contributed by atoms with Gasteiger partial charge in [0.15, 0.2) is 0 Å². The SMILES string of the molecule is Nc1ncc(S(=O)(=O)Nc2ccc(Br)c(F)c2)cc1Cl. The molecule has 3 N–H and O–H groups in total. The van der Waals surface area contributed by atoms with Crippen molar-refractivity contribution in [3.63, 3.8) is 0 Å². The van der Waals surface area contributed by atoms with Crippen LogP contribution in [0.3, 0.4) is 0 Å². The fourth-order valence-electron chi connectivity index (χ4n) is 1.35. The van der Waals surface area contributed by atoms with E-state index in [9.17, 15) is 12.8 Å². The van der Waals surface area contributed by atoms with Crippen molar-refractivity contribution in [2.24, 2.45) is 0 Å². The summed E-state index contributed by atoms with van der Waals surface area (Å²) in [5.74, 6) is -0.557. The monoisotopic (exact) mass is 379 g/mol. The number of sulfonamides is 1. The molecule has 0 unspecified atom stereocenters. The summed E-state index contributed by atoms with van der Waals surface area (Å²) < 4.78 is 40.0. The Morgan fingerprint density at radius 2 is 2.05 bits per heavy atom. The number of rotatable bonds is 3. The zero-order valence-electron chi connectivity index (χ0n) is 9.77. The first-order valence-corrected chi connectivity index (χ1v) is 7.84. The molecule has 2 rings (SSSR count). The third kappa shape index (κ3) is 3.20. The van der Waals surface area contributed by atoms with Crippen LogP contribution in [0, 0.1) is 5.82 Å². The highest BCUT2D eigenvalue weighted by atomic mass is 79.9. The van der Waals surface area contributed by atoms with Crippen molar-refractivity contribution < 1.29 is 12.8 Å². The Labute approximate surface area is 128 Å². The largest absolute Gasteiger partial charge is 0.382 e. The number of nitrogen functional groups attached to an aromatic ring is 1. The average molecular weight is 381 g/mol. The van der Waals surface area contributed by atoms with Crippen LogP contribution < -0.4 is 10.5 Å². The lowest BCUT2D eigenvalue weighted by Crippen LogP contribution is -2.13. The molecule has 9 heteroatoms. The first-order chi connectivity index (χ1) is 9.29. The maximum atomic E-state index is 13.3. The van der Waals surface area contributed by atoms with Gasteiger partial charge >= 0.3 is 0 Å². The maximum absolute atomic E-state index is 13.3. The number of halogens is 3. The van der Waals surface area contributed by atoms with Crippen LogP contribution in [0.25, 0.3) is 0 Å². The van der Waals surface area contributed by atoms with Crippen molar-refractivity contribution >= 4 is 49.1 Å². The summed E-state index contributed by atoms with van der Waals surface area (Å²) in [6.07, 6.45) is 1.07. The Morgan fingerprint density at radius 3 is 2.65 bits per heavy atom. The standard InChI is InChI=1S/C11H8BrClFN3O2S/c12-8-2-1-6(3-10(8)14)17-20(18,19)7-4-9(13)11(15)16-5-7/h1-5,17H,(H2,15,16). The van der Waals surface area contributed by atoms with Crippen LogP contribution in [0.1, 0.15) is 0 Å². The molecule has 2 aromatic rings. The lowest BCUT2D eigenvalue weighted by Gasteiger charge is -2.09. The van der Waals surface area contributed by atoms with E-state index in [4.69, 9.17) is 17.3 Å². The highest BCUT2D eigenvalue weighted by Crippen LogP contribution is 2.24. The molecular weight excluding hydrogens is 373 g/mol. The summed E-state index contributed by atoms with van der Waals surface area (Å²) >= 11 is 8.70. The number of aromatic nitrogens is 1. The summed E-state index contributed by atoms with van der Waals surface area (Å²) in [7, 11) is -3.92. The summed E-state index contributed by atoms with van der Waals surface area (Å²) in [6, 6.07) is 5.02. The molecule has 0 aliphatic carbocycles. The van der Waals surface area contributed by atoms with E-state index < -0.39 is 15.8 Å². The van der Waals surface area contributed by atoms with Gasteiger partial charge in [0.25, 0.3) is 10.0 Å². The number of benzene rings is 1. The second-order valence-electron chi connectivity index (χ2n) is 3.77. The van der Waals surface area contributed by atoms with Gasteiger partial charge in [0, 0.05) is 6.20 Å². The van der Waals surface area contributed by atoms with Crippen molar-refractivity contribution in [1.82, 2.24) is 4.98 Å². The van der Waals surface area contributed by atoms with E-state index in [1.807, 2.05) is 0 Å². The van der Waals surface area contributed by atoms with E-state index in [0.29, 0.717) is 0 Å². The Morgan fingerprint density at radius 1 is 1.35 bits per heavy atom. The maximum Gasteiger partial charge on any atom is 0.263 e. The molecule has 20 heavy (non-hydrogen) atoms. The zero-order chi connectivity index (χ0) is 14.9. The Balaban J connectivity index is 2.35. The zero-order valence-corrected chi connectivity index (χ0v) is 12.9. The van der Waals surface area contributed by atoms with Gasteiger partial charge in [0.2, 0.25) is 0 Å². The van der Waals surface area contributed by atoms with Crippen LogP contribution in [0.5, 0.6) is 0 Å². The summed E-state index contributed by atoms with van der Waals surface area (Å²) in [5, 5.41) is 0.0230. The van der Waals surface area contributed by atoms with E-state index in [0.717, 1.165) is 12.3 Å². The molecule has 0 bridgehead atoms. The molecular formula is C11H8BrClFN3O2S. The molecule has 0 aliphatic rings. The van der Waals surface area contributed by atoms with Crippen LogP contribution in [-0.4, -0.2) is 13.4 Å². The minimum Gasteiger partial charge on any atom is -0.382 e. The molecule has 0 amide bonds. The topological polar surface area (TPSA) is 85.1 Å². The number of nitrogens with zero attached hydrogens (tertiary/aromatic N) is 1. The molecule has 0 radical (unpaired) electrons. The van der Waals surface area contributed by atoms with Crippen LogP contribution >= 0.6 is 27.5 Å². The van der Waals surface area contributed by atoms with Gasteiger partial charge in [-0.2, -0.15) is 0 Å². The number of pyridine rings is 1. The average Bonchev–Trinajstić information content (AvgIpc) is 2.37. The third-order valence-corrected chi connectivity index (χ3v) is 4.62. The molecule has 0 aliphatic heterocycles. The molecule has 0 saturated heterocycles. The van der Waals surface area contributed by atoms with E-state index in [2.05, 4.69) is 25.6 Å². The fraction of sp³-hybridized carbons (Fsp3) is 0. The van der Waals surface area contributed by atoms with Gasteiger partial charge in [-0.05, 0) is 40.2 Å². The molecule has 0 saturated carbocycles. The Kier molecular flexibility index (Phi) is 4.17. The van der Waals surface area contributed by atoms with Gasteiger partial charge in [-0.1, -0.05) is 11.6 Å². The molecule has 5 nitrogen and oxygen atoms in total. The van der Waals surface area contributed by atoms with E-state index in [1.165, 1.54) is 18.2 Å². The summed E-state index contributed by atoms with van der Waals surface area (Å²) in [4.78, 5) is 3.50. The van der Waals surface area contributed by atoms with Crippen molar-refractivity contribution in [3.05, 3.63) is 45.8 Å². The van der Waals surface area contributed by atoms with Gasteiger partial charge in [-0.3, -0.25) is 4.72 Å². The Hall–Kier alpha value is -1.38. The number of nitrogens with two attached hydrogens (primary N) is 1. The predicted molar refractivity (Wildman–Crippen MR) is 78.6 cm³/mol. The smallest absolute Gasteiger partial charge is 0.263 e. The first kappa shape index (κ1) is 15.0. The van der Waals surface area contributed by atoms with Crippen molar-refractivity contribution in [3.8, 4) is 0 Å². The first-order valence-electron chi connectivity index (χ1n) is 5.18. The number of nitrogens with one attached hydrogen (secondary N) is 1. The summed E-state index contributed by atoms with van der Waals surface area (Å²) in [5.41, 5.74) is 5.49. The fourth-order valence-corrected chi connectivity index (χ4v) is 2.85. The molecule has 0 spiro atoms. The highest BCUT2D eigenvalue weighted by Gasteiger charge is 2.17. The van der Waals surface area contributed by atoms with E-state index in [1.54, 1.807) is 0 Å². The molecule has 0 fully saturated rings. The van der Waals surface area contributed by atoms with Gasteiger partial charge in [0.05, 0.1) is 15.2 Å². The van der Waals surface area contributed by atoms with Gasteiger partial charge in [-0.15, -0.1) is 0 Å². The quantitative estimate of drug-likeness (QED) is 0.857. The lowest BCUT2D eigenvalue weighted by molar-refractivity contribution is 0.600.